The molecule has 0 bridgehead atoms. The van der Waals surface area contributed by atoms with E-state index in [9.17, 15) is 4.79 Å². The first-order valence-electron chi connectivity index (χ1n) is 9.04. The number of carbonyl (C=O) groups is 1. The van der Waals surface area contributed by atoms with Crippen molar-refractivity contribution in [3.05, 3.63) is 52.8 Å². The zero-order valence-corrected chi connectivity index (χ0v) is 16.3. The van der Waals surface area contributed by atoms with Gasteiger partial charge in [-0.05, 0) is 56.9 Å². The summed E-state index contributed by atoms with van der Waals surface area (Å²) in [5.74, 6) is 0.0958. The summed E-state index contributed by atoms with van der Waals surface area (Å²) in [6, 6.07) is 8.12. The molecule has 0 aliphatic carbocycles. The maximum Gasteiger partial charge on any atom is 0.256 e. The Morgan fingerprint density at radius 1 is 1.12 bits per heavy atom. The van der Waals surface area contributed by atoms with E-state index >= 15 is 0 Å². The van der Waals surface area contributed by atoms with Gasteiger partial charge in [0.25, 0.3) is 5.91 Å². The first-order valence-corrected chi connectivity index (χ1v) is 9.04. The molecule has 2 heterocycles. The number of benzene rings is 1. The van der Waals surface area contributed by atoms with Gasteiger partial charge in [0.05, 0.1) is 17.1 Å². The van der Waals surface area contributed by atoms with Crippen molar-refractivity contribution in [1.29, 1.82) is 0 Å². The number of anilines is 1. The molecule has 0 atom stereocenters. The summed E-state index contributed by atoms with van der Waals surface area (Å²) in [5.41, 5.74) is 5.26. The number of aryl methyl sites for hydroxylation is 2. The molecular weight excluding hydrogens is 324 g/mol. The van der Waals surface area contributed by atoms with Crippen molar-refractivity contribution in [2.24, 2.45) is 0 Å². The number of amides is 1. The number of fused-ring (bicyclic) bond motifs is 1. The molecule has 0 radical (unpaired) electrons. The zero-order valence-electron chi connectivity index (χ0n) is 16.3. The van der Waals surface area contributed by atoms with Gasteiger partial charge in [0, 0.05) is 17.4 Å². The molecule has 5 heteroatoms. The molecule has 5 nitrogen and oxygen atoms in total. The van der Waals surface area contributed by atoms with Gasteiger partial charge < -0.3 is 5.32 Å². The zero-order chi connectivity index (χ0) is 19.0. The predicted octanol–water partition coefficient (Wildman–Crippen LogP) is 5.00. The summed E-state index contributed by atoms with van der Waals surface area (Å²) in [4.78, 5) is 17.8. The predicted molar refractivity (Wildman–Crippen MR) is 106 cm³/mol. The molecule has 1 amide bonds. The lowest BCUT2D eigenvalue weighted by Crippen LogP contribution is -2.15. The molecule has 0 saturated carbocycles. The van der Waals surface area contributed by atoms with Gasteiger partial charge in [-0.1, -0.05) is 26.0 Å². The fourth-order valence-corrected chi connectivity index (χ4v) is 2.96. The van der Waals surface area contributed by atoms with Crippen LogP contribution in [-0.2, 0) is 0 Å². The quantitative estimate of drug-likeness (QED) is 0.720. The summed E-state index contributed by atoms with van der Waals surface area (Å²) in [7, 11) is 0. The summed E-state index contributed by atoms with van der Waals surface area (Å²) in [6.45, 7) is 12.3. The minimum atomic E-state index is -0.128. The third-order valence-corrected chi connectivity index (χ3v) is 4.55. The molecule has 0 aliphatic heterocycles. The highest BCUT2D eigenvalue weighted by molar-refractivity contribution is 6.12. The maximum atomic E-state index is 13.1. The van der Waals surface area contributed by atoms with Crippen LogP contribution in [0.3, 0.4) is 0 Å². The number of hydrogen-bond donors (Lipinski definition) is 1. The molecule has 0 spiro atoms. The van der Waals surface area contributed by atoms with Crippen molar-refractivity contribution >= 4 is 22.6 Å². The Hall–Kier alpha value is -2.69. The Morgan fingerprint density at radius 3 is 2.50 bits per heavy atom. The van der Waals surface area contributed by atoms with Crippen molar-refractivity contribution in [2.45, 2.75) is 53.5 Å². The van der Waals surface area contributed by atoms with E-state index in [1.165, 1.54) is 0 Å². The summed E-state index contributed by atoms with van der Waals surface area (Å²) < 4.78 is 1.87. The second-order valence-corrected chi connectivity index (χ2v) is 7.44. The van der Waals surface area contributed by atoms with Crippen LogP contribution in [0.25, 0.3) is 11.0 Å². The minimum Gasteiger partial charge on any atom is -0.322 e. The Labute approximate surface area is 154 Å². The third-order valence-electron chi connectivity index (χ3n) is 4.55. The van der Waals surface area contributed by atoms with E-state index in [-0.39, 0.29) is 17.9 Å². The van der Waals surface area contributed by atoms with Crippen LogP contribution in [0.1, 0.15) is 66.8 Å². The van der Waals surface area contributed by atoms with Gasteiger partial charge in [-0.2, -0.15) is 5.10 Å². The first kappa shape index (κ1) is 18.1. The van der Waals surface area contributed by atoms with E-state index in [1.807, 2.05) is 42.8 Å². The van der Waals surface area contributed by atoms with Gasteiger partial charge in [0.15, 0.2) is 5.65 Å². The van der Waals surface area contributed by atoms with Crippen LogP contribution in [0.15, 0.2) is 30.5 Å². The van der Waals surface area contributed by atoms with Gasteiger partial charge in [0.1, 0.15) is 0 Å². The number of pyridine rings is 1. The highest BCUT2D eigenvalue weighted by Crippen LogP contribution is 2.26. The summed E-state index contributed by atoms with van der Waals surface area (Å²) in [5, 5.41) is 8.29. The van der Waals surface area contributed by atoms with E-state index in [0.717, 1.165) is 33.5 Å². The maximum absolute atomic E-state index is 13.1. The largest absolute Gasteiger partial charge is 0.322 e. The van der Waals surface area contributed by atoms with Crippen LogP contribution < -0.4 is 5.32 Å². The SMILES string of the molecule is Cc1ccc(C)c(NC(=O)c2cc(C(C)C)nc3c2cnn3C(C)C)c1. The number of nitrogens with zero attached hydrogens (tertiary/aromatic N) is 3. The highest BCUT2D eigenvalue weighted by atomic mass is 16.1. The Balaban J connectivity index is 2.11. The average molecular weight is 350 g/mol. The molecule has 0 saturated heterocycles. The van der Waals surface area contributed by atoms with Crippen LogP contribution in [0.5, 0.6) is 0 Å². The summed E-state index contributed by atoms with van der Waals surface area (Å²) in [6.07, 6.45) is 1.74. The van der Waals surface area contributed by atoms with Crippen molar-refractivity contribution in [2.75, 3.05) is 5.32 Å². The normalized spacial score (nSPS) is 11.5. The molecule has 0 aliphatic rings. The summed E-state index contributed by atoms with van der Waals surface area (Å²) >= 11 is 0. The smallest absolute Gasteiger partial charge is 0.256 e. The topological polar surface area (TPSA) is 59.8 Å². The molecule has 1 N–H and O–H groups in total. The van der Waals surface area contributed by atoms with E-state index in [2.05, 4.69) is 38.1 Å². The van der Waals surface area contributed by atoms with Crippen molar-refractivity contribution in [3.63, 3.8) is 0 Å². The van der Waals surface area contributed by atoms with Crippen LogP contribution >= 0.6 is 0 Å². The van der Waals surface area contributed by atoms with Gasteiger partial charge in [0.2, 0.25) is 0 Å². The Bertz CT molecular complexity index is 970. The number of nitrogens with one attached hydrogen (secondary N) is 1. The molecular formula is C21H26N4O. The van der Waals surface area contributed by atoms with E-state index in [0.29, 0.717) is 5.56 Å². The molecule has 26 heavy (non-hydrogen) atoms. The standard InChI is InChI=1S/C21H26N4O/c1-12(2)18-10-16(17-11-22-25(13(3)4)20(17)23-18)21(26)24-19-9-14(5)7-8-15(19)6/h7-13H,1-6H3,(H,24,26). The van der Waals surface area contributed by atoms with Crippen molar-refractivity contribution in [3.8, 4) is 0 Å². The third kappa shape index (κ3) is 3.34. The van der Waals surface area contributed by atoms with E-state index in [4.69, 9.17) is 4.98 Å². The highest BCUT2D eigenvalue weighted by Gasteiger charge is 2.19. The molecule has 3 rings (SSSR count). The van der Waals surface area contributed by atoms with Crippen LogP contribution in [0.2, 0.25) is 0 Å². The van der Waals surface area contributed by atoms with Gasteiger partial charge >= 0.3 is 0 Å². The molecule has 0 unspecified atom stereocenters. The Morgan fingerprint density at radius 2 is 1.85 bits per heavy atom. The van der Waals surface area contributed by atoms with Gasteiger partial charge in [-0.15, -0.1) is 0 Å². The second-order valence-electron chi connectivity index (χ2n) is 7.44. The van der Waals surface area contributed by atoms with Crippen LogP contribution in [-0.4, -0.2) is 20.7 Å². The van der Waals surface area contributed by atoms with Gasteiger partial charge in [-0.3, -0.25) is 4.79 Å². The molecule has 3 aromatic rings. The van der Waals surface area contributed by atoms with Gasteiger partial charge in [-0.25, -0.2) is 9.67 Å². The number of aromatic nitrogens is 3. The number of rotatable bonds is 4. The van der Waals surface area contributed by atoms with Crippen LogP contribution in [0, 0.1) is 13.8 Å². The number of carbonyl (C=O) groups excluding carboxylic acids is 1. The monoisotopic (exact) mass is 350 g/mol. The molecule has 0 fully saturated rings. The fraction of sp³-hybridized carbons (Fsp3) is 0.381. The number of hydrogen-bond acceptors (Lipinski definition) is 3. The molecule has 136 valence electrons. The fourth-order valence-electron chi connectivity index (χ4n) is 2.96. The lowest BCUT2D eigenvalue weighted by Gasteiger charge is -2.13. The van der Waals surface area contributed by atoms with E-state index < -0.39 is 0 Å². The van der Waals surface area contributed by atoms with Crippen molar-refractivity contribution in [1.82, 2.24) is 14.8 Å². The van der Waals surface area contributed by atoms with Crippen molar-refractivity contribution < 1.29 is 4.79 Å². The first-order chi connectivity index (χ1) is 12.3. The van der Waals surface area contributed by atoms with Crippen LogP contribution in [0.4, 0.5) is 5.69 Å². The van der Waals surface area contributed by atoms with E-state index in [1.54, 1.807) is 6.20 Å². The molecule has 1 aromatic carbocycles. The molecule has 2 aromatic heterocycles. The minimum absolute atomic E-state index is 0.128. The lowest BCUT2D eigenvalue weighted by atomic mass is 10.0. The second kappa shape index (κ2) is 6.90. The average Bonchev–Trinajstić information content (AvgIpc) is 3.01. The Kier molecular flexibility index (Phi) is 4.81. The lowest BCUT2D eigenvalue weighted by molar-refractivity contribution is 0.102.